The lowest BCUT2D eigenvalue weighted by Gasteiger charge is -2.12. The normalized spacial score (nSPS) is 10.5. The molecular weight excluding hydrogens is 332 g/mol. The number of phenolic OH excluding ortho intramolecular Hbond substituents is 1. The third kappa shape index (κ3) is 3.21. The minimum atomic E-state index is 0.0939. The van der Waals surface area contributed by atoms with Crippen molar-refractivity contribution in [2.75, 3.05) is 7.11 Å². The van der Waals surface area contributed by atoms with Crippen LogP contribution in [0.15, 0.2) is 48.7 Å². The number of phenols is 1. The van der Waals surface area contributed by atoms with Crippen molar-refractivity contribution in [2.24, 2.45) is 0 Å². The maximum atomic E-state index is 10.3. The van der Waals surface area contributed by atoms with Gasteiger partial charge in [-0.2, -0.15) is 0 Å². The smallest absolute Gasteiger partial charge is 0.197 e. The van der Waals surface area contributed by atoms with Gasteiger partial charge in [-0.15, -0.1) is 0 Å². The number of rotatable bonds is 3. The third-order valence-corrected chi connectivity index (χ3v) is 3.90. The lowest BCUT2D eigenvalue weighted by molar-refractivity contribution is 0.408. The van der Waals surface area contributed by atoms with Crippen LogP contribution in [0.25, 0.3) is 22.4 Å². The average Bonchev–Trinajstić information content (AvgIpc) is 2.55. The van der Waals surface area contributed by atoms with E-state index in [0.717, 1.165) is 11.1 Å². The molecule has 0 aliphatic carbocycles. The summed E-state index contributed by atoms with van der Waals surface area (Å²) in [7, 11) is 1.55. The van der Waals surface area contributed by atoms with E-state index in [4.69, 9.17) is 28.6 Å². The third-order valence-electron chi connectivity index (χ3n) is 3.44. The topological polar surface area (TPSA) is 58.1 Å². The van der Waals surface area contributed by atoms with Crippen LogP contribution in [-0.4, -0.2) is 22.2 Å². The van der Waals surface area contributed by atoms with E-state index in [2.05, 4.69) is 9.97 Å². The van der Waals surface area contributed by atoms with Gasteiger partial charge in [0.2, 0.25) is 0 Å². The molecule has 0 aliphatic rings. The number of hydrogen-bond acceptors (Lipinski definition) is 4. The first-order valence-electron chi connectivity index (χ1n) is 6.81. The van der Waals surface area contributed by atoms with Crippen molar-refractivity contribution in [1.82, 2.24) is 9.97 Å². The number of aromatic nitrogens is 2. The number of nitrogens with zero attached hydrogens (tertiary/aromatic N) is 1. The second-order valence-corrected chi connectivity index (χ2v) is 5.69. The summed E-state index contributed by atoms with van der Waals surface area (Å²) >= 11 is 11.1. The predicted octanol–water partition coefficient (Wildman–Crippen LogP) is 4.84. The van der Waals surface area contributed by atoms with Gasteiger partial charge in [-0.3, -0.25) is 0 Å². The van der Waals surface area contributed by atoms with Gasteiger partial charge in [-0.25, -0.2) is 4.98 Å². The Labute approximate surface area is 143 Å². The van der Waals surface area contributed by atoms with Crippen molar-refractivity contribution in [3.05, 3.63) is 58.5 Å². The average molecular weight is 345 g/mol. The van der Waals surface area contributed by atoms with Gasteiger partial charge in [-0.05, 0) is 42.0 Å². The number of halogens is 1. The first-order chi connectivity index (χ1) is 11.1. The van der Waals surface area contributed by atoms with E-state index in [1.807, 2.05) is 12.1 Å². The fraction of sp³-hybridized carbons (Fsp3) is 0.0588. The highest BCUT2D eigenvalue weighted by Crippen LogP contribution is 2.36. The zero-order valence-electron chi connectivity index (χ0n) is 12.2. The van der Waals surface area contributed by atoms with Crippen molar-refractivity contribution in [3.63, 3.8) is 0 Å². The molecule has 0 aliphatic heterocycles. The molecule has 4 nitrogen and oxygen atoms in total. The summed E-state index contributed by atoms with van der Waals surface area (Å²) in [6.07, 6.45) is 1.68. The molecule has 0 fully saturated rings. The zero-order valence-corrected chi connectivity index (χ0v) is 13.8. The Hall–Kier alpha value is -2.37. The van der Waals surface area contributed by atoms with Gasteiger partial charge in [0.05, 0.1) is 12.8 Å². The number of H-pyrrole nitrogens is 1. The molecule has 0 unspecified atom stereocenters. The summed E-state index contributed by atoms with van der Waals surface area (Å²) in [6.45, 7) is 0. The predicted molar refractivity (Wildman–Crippen MR) is 93.5 cm³/mol. The minimum Gasteiger partial charge on any atom is -0.507 e. The van der Waals surface area contributed by atoms with E-state index in [1.165, 1.54) is 0 Å². The maximum absolute atomic E-state index is 10.3. The summed E-state index contributed by atoms with van der Waals surface area (Å²) in [4.78, 5) is 7.20. The molecule has 3 aromatic rings. The van der Waals surface area contributed by atoms with Crippen LogP contribution in [0.4, 0.5) is 0 Å². The molecule has 3 rings (SSSR count). The SMILES string of the molecule is COc1ccc(-c2[nH]c(=S)ncc2-c2ccc(Cl)cc2)c(O)c1. The molecule has 1 heterocycles. The van der Waals surface area contributed by atoms with E-state index < -0.39 is 0 Å². The van der Waals surface area contributed by atoms with Gasteiger partial charge >= 0.3 is 0 Å². The van der Waals surface area contributed by atoms with Crippen LogP contribution in [0.5, 0.6) is 11.5 Å². The molecule has 0 atom stereocenters. The minimum absolute atomic E-state index is 0.0939. The molecule has 1 aromatic heterocycles. The molecule has 0 saturated carbocycles. The molecular formula is C17H13ClN2O2S. The Kier molecular flexibility index (Phi) is 4.32. The fourth-order valence-corrected chi connectivity index (χ4v) is 2.59. The van der Waals surface area contributed by atoms with Crippen molar-refractivity contribution in [3.8, 4) is 33.9 Å². The molecule has 0 amide bonds. The molecule has 0 radical (unpaired) electrons. The summed E-state index contributed by atoms with van der Waals surface area (Å²) < 4.78 is 5.46. The van der Waals surface area contributed by atoms with Gasteiger partial charge < -0.3 is 14.8 Å². The Morgan fingerprint density at radius 3 is 2.52 bits per heavy atom. The number of methoxy groups -OCH3 is 1. The van der Waals surface area contributed by atoms with Crippen LogP contribution >= 0.6 is 23.8 Å². The van der Waals surface area contributed by atoms with Crippen LogP contribution in [0.1, 0.15) is 0 Å². The first-order valence-corrected chi connectivity index (χ1v) is 7.60. The van der Waals surface area contributed by atoms with Gasteiger partial charge in [0.1, 0.15) is 11.5 Å². The summed E-state index contributed by atoms with van der Waals surface area (Å²) in [6, 6.07) is 12.5. The Balaban J connectivity index is 2.21. The number of hydrogen-bond donors (Lipinski definition) is 2. The Bertz CT molecular complexity index is 907. The fourth-order valence-electron chi connectivity index (χ4n) is 2.30. The lowest BCUT2D eigenvalue weighted by atomic mass is 10.0. The monoisotopic (exact) mass is 344 g/mol. The van der Waals surface area contributed by atoms with Crippen LogP contribution in [0.3, 0.4) is 0 Å². The molecule has 6 heteroatoms. The summed E-state index contributed by atoms with van der Waals surface area (Å²) in [5.74, 6) is 0.670. The second-order valence-electron chi connectivity index (χ2n) is 4.87. The Morgan fingerprint density at radius 1 is 1.13 bits per heavy atom. The lowest BCUT2D eigenvalue weighted by Crippen LogP contribution is -1.93. The molecule has 0 saturated heterocycles. The maximum Gasteiger partial charge on any atom is 0.197 e. The van der Waals surface area contributed by atoms with Crippen molar-refractivity contribution < 1.29 is 9.84 Å². The van der Waals surface area contributed by atoms with E-state index in [9.17, 15) is 5.11 Å². The van der Waals surface area contributed by atoms with Crippen LogP contribution in [0.2, 0.25) is 5.02 Å². The Morgan fingerprint density at radius 2 is 1.87 bits per heavy atom. The molecule has 0 bridgehead atoms. The number of benzene rings is 2. The van der Waals surface area contributed by atoms with E-state index in [1.54, 1.807) is 43.6 Å². The first kappa shape index (κ1) is 15.5. The van der Waals surface area contributed by atoms with Gasteiger partial charge in [0.15, 0.2) is 4.77 Å². The van der Waals surface area contributed by atoms with E-state index in [-0.39, 0.29) is 5.75 Å². The molecule has 2 N–H and O–H groups in total. The van der Waals surface area contributed by atoms with Crippen LogP contribution in [0, 0.1) is 4.77 Å². The number of nitrogens with one attached hydrogen (secondary N) is 1. The molecule has 0 spiro atoms. The largest absolute Gasteiger partial charge is 0.507 e. The zero-order chi connectivity index (χ0) is 16.4. The highest BCUT2D eigenvalue weighted by atomic mass is 35.5. The molecule has 116 valence electrons. The molecule has 2 aromatic carbocycles. The van der Waals surface area contributed by atoms with Crippen molar-refractivity contribution in [1.29, 1.82) is 0 Å². The van der Waals surface area contributed by atoms with Crippen LogP contribution < -0.4 is 4.74 Å². The highest BCUT2D eigenvalue weighted by Gasteiger charge is 2.13. The second kappa shape index (κ2) is 6.40. The number of ether oxygens (including phenoxy) is 1. The highest BCUT2D eigenvalue weighted by molar-refractivity contribution is 7.71. The quantitative estimate of drug-likeness (QED) is 0.667. The summed E-state index contributed by atoms with van der Waals surface area (Å²) in [5.41, 5.74) is 3.03. The van der Waals surface area contributed by atoms with E-state index >= 15 is 0 Å². The van der Waals surface area contributed by atoms with Crippen LogP contribution in [-0.2, 0) is 0 Å². The summed E-state index contributed by atoms with van der Waals surface area (Å²) in [5, 5.41) is 11.0. The van der Waals surface area contributed by atoms with Crippen molar-refractivity contribution >= 4 is 23.8 Å². The standard InChI is InChI=1S/C17H13ClN2O2S/c1-22-12-6-7-13(15(21)8-12)16-14(9-19-17(23)20-16)10-2-4-11(18)5-3-10/h2-9,21H,1H3,(H,19,20,23). The number of aromatic hydroxyl groups is 1. The number of aromatic amines is 1. The van der Waals surface area contributed by atoms with Gasteiger partial charge in [-0.1, -0.05) is 23.7 Å². The van der Waals surface area contributed by atoms with Gasteiger partial charge in [0, 0.05) is 28.4 Å². The van der Waals surface area contributed by atoms with E-state index in [0.29, 0.717) is 26.8 Å². The van der Waals surface area contributed by atoms with Gasteiger partial charge in [0.25, 0.3) is 0 Å². The molecule has 23 heavy (non-hydrogen) atoms. The van der Waals surface area contributed by atoms with Crippen molar-refractivity contribution in [2.45, 2.75) is 0 Å².